The lowest BCUT2D eigenvalue weighted by atomic mass is 9.87. The van der Waals surface area contributed by atoms with E-state index in [4.69, 9.17) is 14.2 Å². The van der Waals surface area contributed by atoms with Crippen LogP contribution in [-0.4, -0.2) is 59.4 Å². The number of alkyl halides is 2. The fraction of sp³-hybridized carbons (Fsp3) is 0.906. The summed E-state index contributed by atoms with van der Waals surface area (Å²) in [4.78, 5) is 11.6. The summed E-state index contributed by atoms with van der Waals surface area (Å²) < 4.78 is 46.4. The van der Waals surface area contributed by atoms with E-state index in [-0.39, 0.29) is 42.7 Å². The van der Waals surface area contributed by atoms with Gasteiger partial charge in [-0.3, -0.25) is 4.79 Å². The molecule has 40 heavy (non-hydrogen) atoms. The summed E-state index contributed by atoms with van der Waals surface area (Å²) in [6.45, 7) is 6.38. The van der Waals surface area contributed by atoms with E-state index in [9.17, 15) is 23.8 Å². The minimum atomic E-state index is -3.18. The highest BCUT2D eigenvalue weighted by Gasteiger charge is 2.43. The minimum Gasteiger partial charge on any atom is -0.463 e. The van der Waals surface area contributed by atoms with Crippen LogP contribution in [0, 0.1) is 11.8 Å². The first-order valence-electron chi connectivity index (χ1n) is 16.0. The molecule has 2 N–H and O–H groups in total. The zero-order valence-electron chi connectivity index (χ0n) is 25.2. The highest BCUT2D eigenvalue weighted by Crippen LogP contribution is 2.40. The maximum Gasteiger partial charge on any atom is 0.306 e. The van der Waals surface area contributed by atoms with Crippen LogP contribution < -0.4 is 0 Å². The van der Waals surface area contributed by atoms with E-state index in [0.717, 1.165) is 83.5 Å². The summed E-state index contributed by atoms with van der Waals surface area (Å²) in [5.74, 6) is -3.68. The lowest BCUT2D eigenvalue weighted by Gasteiger charge is -2.29. The molecule has 2 unspecified atom stereocenters. The Kier molecular flexibility index (Phi) is 16.8. The number of ether oxygens (including phenoxy) is 3. The van der Waals surface area contributed by atoms with E-state index >= 15 is 0 Å². The van der Waals surface area contributed by atoms with Crippen molar-refractivity contribution in [1.29, 1.82) is 0 Å². The van der Waals surface area contributed by atoms with Gasteiger partial charge < -0.3 is 24.4 Å². The Morgan fingerprint density at radius 1 is 1.05 bits per heavy atom. The largest absolute Gasteiger partial charge is 0.463 e. The Balaban J connectivity index is 1.87. The van der Waals surface area contributed by atoms with Crippen molar-refractivity contribution in [3.05, 3.63) is 12.2 Å². The first-order chi connectivity index (χ1) is 19.1. The number of esters is 1. The van der Waals surface area contributed by atoms with Crippen LogP contribution in [0.2, 0.25) is 0 Å². The number of carbonyl (C=O) groups excluding carboxylic acids is 1. The van der Waals surface area contributed by atoms with E-state index in [2.05, 4.69) is 0 Å². The predicted octanol–water partition coefficient (Wildman–Crippen LogP) is 7.49. The van der Waals surface area contributed by atoms with Crippen molar-refractivity contribution in [2.75, 3.05) is 6.61 Å². The third-order valence-electron chi connectivity index (χ3n) is 8.20. The molecule has 2 fully saturated rings. The summed E-state index contributed by atoms with van der Waals surface area (Å²) in [7, 11) is 0. The Morgan fingerprint density at radius 3 is 2.42 bits per heavy atom. The second-order valence-corrected chi connectivity index (χ2v) is 12.1. The average molecular weight is 575 g/mol. The van der Waals surface area contributed by atoms with Crippen molar-refractivity contribution < 1.29 is 38.0 Å². The summed E-state index contributed by atoms with van der Waals surface area (Å²) >= 11 is 0. The molecule has 1 saturated heterocycles. The second-order valence-electron chi connectivity index (χ2n) is 12.1. The molecule has 0 spiro atoms. The monoisotopic (exact) mass is 574 g/mol. The van der Waals surface area contributed by atoms with Crippen LogP contribution >= 0.6 is 0 Å². The molecule has 0 aromatic rings. The summed E-state index contributed by atoms with van der Waals surface area (Å²) in [6, 6.07) is 0. The molecule has 0 aromatic carbocycles. The van der Waals surface area contributed by atoms with Gasteiger partial charge in [0, 0.05) is 31.8 Å². The zero-order valence-corrected chi connectivity index (χ0v) is 25.2. The lowest BCUT2D eigenvalue weighted by Crippen LogP contribution is -2.33. The molecule has 2 rings (SSSR count). The van der Waals surface area contributed by atoms with Crippen molar-refractivity contribution in [2.45, 2.75) is 167 Å². The summed E-state index contributed by atoms with van der Waals surface area (Å²) in [5, 5.41) is 21.3. The quantitative estimate of drug-likeness (QED) is 0.0890. The third-order valence-corrected chi connectivity index (χ3v) is 8.20. The molecule has 2 aliphatic rings. The van der Waals surface area contributed by atoms with Gasteiger partial charge in [-0.2, -0.15) is 0 Å². The maximum atomic E-state index is 14.6. The maximum absolute atomic E-state index is 14.6. The Hall–Kier alpha value is -1.09. The highest BCUT2D eigenvalue weighted by molar-refractivity contribution is 5.69. The Bertz CT molecular complexity index is 710. The molecule has 0 amide bonds. The lowest BCUT2D eigenvalue weighted by molar-refractivity contribution is -0.193. The Morgan fingerprint density at radius 2 is 1.75 bits per heavy atom. The van der Waals surface area contributed by atoms with Crippen LogP contribution in [0.3, 0.4) is 0 Å². The molecule has 1 heterocycles. The van der Waals surface area contributed by atoms with Crippen molar-refractivity contribution in [1.82, 2.24) is 0 Å². The van der Waals surface area contributed by atoms with Crippen LogP contribution in [-0.2, 0) is 19.0 Å². The molecule has 0 radical (unpaired) electrons. The van der Waals surface area contributed by atoms with Crippen molar-refractivity contribution in [3.8, 4) is 0 Å². The fourth-order valence-electron chi connectivity index (χ4n) is 5.90. The first-order valence-corrected chi connectivity index (χ1v) is 16.0. The zero-order chi connectivity index (χ0) is 29.4. The fourth-order valence-corrected chi connectivity index (χ4v) is 5.90. The molecule has 6 nitrogen and oxygen atoms in total. The Labute approximate surface area is 241 Å². The first kappa shape index (κ1) is 35.1. The standard InChI is InChI=1S/C32H56F2O6/c1-4-5-6-14-21-32(33,34)29(36)20-19-26-25(27(35)23-28(26)40-31-18-13-15-22-38-31)16-11-9-7-8-10-12-17-30(37)39-24(2)3/h19-20,24-29,31,35-36H,4-18,21-23H2,1-3H3/t25-,26-,27+,28-,29?,31?/m1/s1. The number of hydrogen-bond donors (Lipinski definition) is 2. The molecule has 0 bridgehead atoms. The number of hydrogen-bond acceptors (Lipinski definition) is 6. The number of carbonyl (C=O) groups is 1. The van der Waals surface area contributed by atoms with Gasteiger partial charge in [-0.1, -0.05) is 70.4 Å². The molecule has 1 aliphatic carbocycles. The van der Waals surface area contributed by atoms with Crippen molar-refractivity contribution in [3.63, 3.8) is 0 Å². The molecule has 6 atom stereocenters. The second kappa shape index (κ2) is 19.2. The number of unbranched alkanes of at least 4 members (excludes halogenated alkanes) is 8. The predicted molar refractivity (Wildman–Crippen MR) is 153 cm³/mol. The van der Waals surface area contributed by atoms with Gasteiger partial charge in [0.05, 0.1) is 18.3 Å². The van der Waals surface area contributed by atoms with Crippen molar-refractivity contribution >= 4 is 5.97 Å². The van der Waals surface area contributed by atoms with E-state index in [1.165, 1.54) is 6.08 Å². The van der Waals surface area contributed by atoms with Gasteiger partial charge in [-0.25, -0.2) is 8.78 Å². The van der Waals surface area contributed by atoms with Crippen LogP contribution in [0.25, 0.3) is 0 Å². The van der Waals surface area contributed by atoms with Crippen LogP contribution in [0.5, 0.6) is 0 Å². The molecular formula is C32H56F2O6. The van der Waals surface area contributed by atoms with Gasteiger partial charge in [-0.05, 0) is 58.3 Å². The number of aliphatic hydroxyl groups is 2. The van der Waals surface area contributed by atoms with E-state index in [0.29, 0.717) is 25.9 Å². The molecule has 1 aliphatic heterocycles. The van der Waals surface area contributed by atoms with E-state index in [1.807, 2.05) is 20.8 Å². The minimum absolute atomic E-state index is 0.0763. The smallest absolute Gasteiger partial charge is 0.306 e. The molecule has 1 saturated carbocycles. The van der Waals surface area contributed by atoms with Gasteiger partial charge >= 0.3 is 5.97 Å². The number of aliphatic hydroxyl groups excluding tert-OH is 2. The van der Waals surface area contributed by atoms with Gasteiger partial charge in [-0.15, -0.1) is 0 Å². The van der Waals surface area contributed by atoms with Gasteiger partial charge in [0.1, 0.15) is 6.10 Å². The SMILES string of the molecule is CCCCCCC(F)(F)C(O)C=C[C@@H]1[C@@H](CCCCCCCCC(=O)OC(C)C)[C@@H](O)C[C@H]1OC1CCCCO1. The normalized spacial score (nSPS) is 26.6. The average Bonchev–Trinajstić information content (AvgIpc) is 3.20. The highest BCUT2D eigenvalue weighted by atomic mass is 19.3. The van der Waals surface area contributed by atoms with Crippen LogP contribution in [0.1, 0.15) is 130 Å². The summed E-state index contributed by atoms with van der Waals surface area (Å²) in [5.41, 5.74) is 0. The van der Waals surface area contributed by atoms with Crippen molar-refractivity contribution in [2.24, 2.45) is 11.8 Å². The number of halogens is 2. The topological polar surface area (TPSA) is 85.2 Å². The van der Waals surface area contributed by atoms with Crippen LogP contribution in [0.15, 0.2) is 12.2 Å². The van der Waals surface area contributed by atoms with E-state index in [1.54, 1.807) is 6.08 Å². The third kappa shape index (κ3) is 13.3. The van der Waals surface area contributed by atoms with Gasteiger partial charge in [0.2, 0.25) is 0 Å². The molecular weight excluding hydrogens is 518 g/mol. The molecule has 8 heteroatoms. The van der Waals surface area contributed by atoms with Gasteiger partial charge in [0.25, 0.3) is 5.92 Å². The number of rotatable bonds is 20. The summed E-state index contributed by atoms with van der Waals surface area (Å²) in [6.07, 6.45) is 12.7. The molecule has 234 valence electrons. The van der Waals surface area contributed by atoms with Gasteiger partial charge in [0.15, 0.2) is 6.29 Å². The van der Waals surface area contributed by atoms with E-state index < -0.39 is 18.1 Å². The van der Waals surface area contributed by atoms with Crippen LogP contribution in [0.4, 0.5) is 8.78 Å². The molecule has 0 aromatic heterocycles.